The highest BCUT2D eigenvalue weighted by molar-refractivity contribution is 5.82. The van der Waals surface area contributed by atoms with Crippen LogP contribution in [0.15, 0.2) is 41.0 Å². The summed E-state index contributed by atoms with van der Waals surface area (Å²) in [5.74, 6) is 0.146. The van der Waals surface area contributed by atoms with Crippen molar-refractivity contribution in [2.24, 2.45) is 0 Å². The number of nitrogens with zero attached hydrogens (tertiary/aromatic N) is 1. The van der Waals surface area contributed by atoms with Crippen molar-refractivity contribution in [2.75, 3.05) is 20.7 Å². The van der Waals surface area contributed by atoms with Crippen LogP contribution in [-0.2, 0) is 16.1 Å². The summed E-state index contributed by atoms with van der Waals surface area (Å²) in [7, 11) is 3.54. The summed E-state index contributed by atoms with van der Waals surface area (Å²) < 4.78 is 24.8. The number of hydrogen-bond acceptors (Lipinski definition) is 4. The minimum atomic E-state index is -0.362. The smallest absolute Gasteiger partial charge is 0.237 e. The van der Waals surface area contributed by atoms with Gasteiger partial charge in [0.05, 0.1) is 18.4 Å². The maximum absolute atomic E-state index is 14.2. The standard InChI is InChI=1S/C18H21FN2O3/c1-21-11-14(23-2)9-16(21)18(22)20-10-13-6-5-12(8-15(13)19)17-4-3-7-24-17/h3-8,14,16H,9-11H2,1-2H3,(H,20,22)/t14-,16-/m0/s1. The average molecular weight is 332 g/mol. The molecule has 1 saturated heterocycles. The number of ether oxygens (including phenoxy) is 1. The Hall–Kier alpha value is -2.18. The predicted octanol–water partition coefficient (Wildman–Crippen LogP) is 2.42. The topological polar surface area (TPSA) is 54.7 Å². The molecule has 0 saturated carbocycles. The summed E-state index contributed by atoms with van der Waals surface area (Å²) >= 11 is 0. The third-order valence-corrected chi connectivity index (χ3v) is 4.46. The second-order valence-corrected chi connectivity index (χ2v) is 6.05. The highest BCUT2D eigenvalue weighted by atomic mass is 19.1. The number of nitrogens with one attached hydrogen (secondary N) is 1. The van der Waals surface area contributed by atoms with Crippen molar-refractivity contribution in [3.8, 4) is 11.3 Å². The Labute approximate surface area is 140 Å². The number of methoxy groups -OCH3 is 1. The van der Waals surface area contributed by atoms with Crippen LogP contribution in [0.25, 0.3) is 11.3 Å². The van der Waals surface area contributed by atoms with E-state index in [0.717, 1.165) is 6.54 Å². The maximum atomic E-state index is 14.2. The Morgan fingerprint density at radius 2 is 2.29 bits per heavy atom. The molecule has 1 aliphatic rings. The molecule has 1 aliphatic heterocycles. The molecular weight excluding hydrogens is 311 g/mol. The SMILES string of the molecule is CO[C@H]1C[C@@H](C(=O)NCc2ccc(-c3ccco3)cc2F)N(C)C1. The third-order valence-electron chi connectivity index (χ3n) is 4.46. The van der Waals surface area contributed by atoms with Gasteiger partial charge in [-0.15, -0.1) is 0 Å². The van der Waals surface area contributed by atoms with Crippen LogP contribution in [0, 0.1) is 5.82 Å². The summed E-state index contributed by atoms with van der Waals surface area (Å²) in [6.45, 7) is 0.881. The molecule has 1 aromatic heterocycles. The molecule has 5 nitrogen and oxygen atoms in total. The van der Waals surface area contributed by atoms with E-state index in [1.807, 2.05) is 11.9 Å². The highest BCUT2D eigenvalue weighted by Crippen LogP contribution is 2.23. The molecule has 6 heteroatoms. The van der Waals surface area contributed by atoms with E-state index in [-0.39, 0.29) is 30.4 Å². The van der Waals surface area contributed by atoms with Gasteiger partial charge in [0, 0.05) is 31.3 Å². The first-order valence-corrected chi connectivity index (χ1v) is 7.91. The molecule has 0 aliphatic carbocycles. The minimum Gasteiger partial charge on any atom is -0.464 e. The second-order valence-electron chi connectivity index (χ2n) is 6.05. The molecule has 1 fully saturated rings. The summed E-state index contributed by atoms with van der Waals surface area (Å²) in [4.78, 5) is 14.3. The summed E-state index contributed by atoms with van der Waals surface area (Å²) in [5.41, 5.74) is 1.12. The lowest BCUT2D eigenvalue weighted by molar-refractivity contribution is -0.125. The van der Waals surface area contributed by atoms with Gasteiger partial charge in [-0.25, -0.2) is 4.39 Å². The lowest BCUT2D eigenvalue weighted by Crippen LogP contribution is -2.41. The van der Waals surface area contributed by atoms with Gasteiger partial charge in [-0.3, -0.25) is 9.69 Å². The largest absolute Gasteiger partial charge is 0.464 e. The Morgan fingerprint density at radius 1 is 1.46 bits per heavy atom. The zero-order chi connectivity index (χ0) is 17.1. The van der Waals surface area contributed by atoms with Gasteiger partial charge in [0.2, 0.25) is 5.91 Å². The lowest BCUT2D eigenvalue weighted by Gasteiger charge is -2.18. The third kappa shape index (κ3) is 3.49. The van der Waals surface area contributed by atoms with E-state index in [2.05, 4.69) is 5.32 Å². The molecule has 1 N–H and O–H groups in total. The summed E-state index contributed by atoms with van der Waals surface area (Å²) in [6, 6.07) is 8.17. The molecule has 1 amide bonds. The van der Waals surface area contributed by atoms with Crippen LogP contribution in [0.3, 0.4) is 0 Å². The van der Waals surface area contributed by atoms with Gasteiger partial charge < -0.3 is 14.5 Å². The first-order chi connectivity index (χ1) is 11.6. The molecule has 24 heavy (non-hydrogen) atoms. The van der Waals surface area contributed by atoms with Crippen molar-refractivity contribution in [1.82, 2.24) is 10.2 Å². The Balaban J connectivity index is 1.61. The van der Waals surface area contributed by atoms with Crippen LogP contribution in [0.5, 0.6) is 0 Å². The fraction of sp³-hybridized carbons (Fsp3) is 0.389. The van der Waals surface area contributed by atoms with E-state index < -0.39 is 0 Å². The van der Waals surface area contributed by atoms with Crippen LogP contribution in [0.4, 0.5) is 4.39 Å². The fourth-order valence-corrected chi connectivity index (χ4v) is 3.02. The van der Waals surface area contributed by atoms with Gasteiger partial charge in [0.15, 0.2) is 0 Å². The second kappa shape index (κ2) is 7.15. The Kier molecular flexibility index (Phi) is 4.97. The number of benzene rings is 1. The molecule has 3 rings (SSSR count). The molecule has 0 bridgehead atoms. The number of halogens is 1. The molecule has 1 aromatic carbocycles. The lowest BCUT2D eigenvalue weighted by atomic mass is 10.1. The molecule has 0 radical (unpaired) electrons. The van der Waals surface area contributed by atoms with Crippen molar-refractivity contribution in [2.45, 2.75) is 25.1 Å². The number of rotatable bonds is 5. The first kappa shape index (κ1) is 16.7. The van der Waals surface area contributed by atoms with Gasteiger partial charge in [-0.1, -0.05) is 12.1 Å². The van der Waals surface area contributed by atoms with E-state index >= 15 is 0 Å². The monoisotopic (exact) mass is 332 g/mol. The van der Waals surface area contributed by atoms with E-state index in [9.17, 15) is 9.18 Å². The van der Waals surface area contributed by atoms with Crippen LogP contribution in [-0.4, -0.2) is 43.7 Å². The molecule has 0 unspecified atom stereocenters. The Morgan fingerprint density at radius 3 is 2.92 bits per heavy atom. The summed E-state index contributed by atoms with van der Waals surface area (Å²) in [6.07, 6.45) is 2.26. The number of hydrogen-bond donors (Lipinski definition) is 1. The van der Waals surface area contributed by atoms with Gasteiger partial charge in [-0.2, -0.15) is 0 Å². The van der Waals surface area contributed by atoms with Gasteiger partial charge in [0.25, 0.3) is 0 Å². The number of furan rings is 1. The molecular formula is C18H21FN2O3. The predicted molar refractivity (Wildman–Crippen MR) is 87.8 cm³/mol. The normalized spacial score (nSPS) is 21.1. The number of carbonyl (C=O) groups excluding carboxylic acids is 1. The number of amides is 1. The van der Waals surface area contributed by atoms with Crippen molar-refractivity contribution in [1.29, 1.82) is 0 Å². The fourth-order valence-electron chi connectivity index (χ4n) is 3.02. The molecule has 0 spiro atoms. The summed E-state index contributed by atoms with van der Waals surface area (Å²) in [5, 5.41) is 2.81. The zero-order valence-corrected chi connectivity index (χ0v) is 13.8. The number of likely N-dealkylation sites (tertiary alicyclic amines) is 1. The van der Waals surface area contributed by atoms with Gasteiger partial charge in [0.1, 0.15) is 11.6 Å². The van der Waals surface area contributed by atoms with E-state index in [1.54, 1.807) is 37.6 Å². The maximum Gasteiger partial charge on any atom is 0.237 e. The van der Waals surface area contributed by atoms with Crippen LogP contribution in [0.2, 0.25) is 0 Å². The van der Waals surface area contributed by atoms with Gasteiger partial charge in [-0.05, 0) is 31.7 Å². The quantitative estimate of drug-likeness (QED) is 0.914. The average Bonchev–Trinajstić information content (AvgIpc) is 3.22. The molecule has 2 atom stereocenters. The van der Waals surface area contributed by atoms with Crippen molar-refractivity contribution in [3.05, 3.63) is 48.0 Å². The first-order valence-electron chi connectivity index (χ1n) is 7.91. The molecule has 2 heterocycles. The van der Waals surface area contributed by atoms with Crippen LogP contribution in [0.1, 0.15) is 12.0 Å². The van der Waals surface area contributed by atoms with E-state index in [0.29, 0.717) is 23.3 Å². The van der Waals surface area contributed by atoms with Gasteiger partial charge >= 0.3 is 0 Å². The number of carbonyl (C=O) groups is 1. The van der Waals surface area contributed by atoms with E-state index in [1.165, 1.54) is 6.07 Å². The zero-order valence-electron chi connectivity index (χ0n) is 13.8. The van der Waals surface area contributed by atoms with Crippen LogP contribution >= 0.6 is 0 Å². The number of likely N-dealkylation sites (N-methyl/N-ethyl adjacent to an activating group) is 1. The van der Waals surface area contributed by atoms with Crippen molar-refractivity contribution >= 4 is 5.91 Å². The Bertz CT molecular complexity index is 702. The highest BCUT2D eigenvalue weighted by Gasteiger charge is 2.34. The molecule has 2 aromatic rings. The van der Waals surface area contributed by atoms with Crippen LogP contribution < -0.4 is 5.32 Å². The van der Waals surface area contributed by atoms with Crippen molar-refractivity contribution in [3.63, 3.8) is 0 Å². The molecule has 128 valence electrons. The van der Waals surface area contributed by atoms with E-state index in [4.69, 9.17) is 9.15 Å². The van der Waals surface area contributed by atoms with Crippen molar-refractivity contribution < 1.29 is 18.3 Å². The minimum absolute atomic E-state index is 0.0649.